The molecule has 25 heavy (non-hydrogen) atoms. The Labute approximate surface area is 149 Å². The van der Waals surface area contributed by atoms with Crippen LogP contribution in [0.1, 0.15) is 15.2 Å². The first-order valence-electron chi connectivity index (χ1n) is 7.89. The van der Waals surface area contributed by atoms with Crippen LogP contribution in [0.5, 0.6) is 5.75 Å². The maximum atomic E-state index is 12.7. The van der Waals surface area contributed by atoms with Gasteiger partial charge in [0.2, 0.25) is 0 Å². The fourth-order valence-corrected chi connectivity index (χ4v) is 3.71. The molecule has 0 atom stereocenters. The van der Waals surface area contributed by atoms with E-state index in [1.165, 1.54) is 11.3 Å². The number of carbonyl (C=O) groups is 1. The predicted molar refractivity (Wildman–Crippen MR) is 103 cm³/mol. The van der Waals surface area contributed by atoms with E-state index in [1.807, 2.05) is 55.5 Å². The average Bonchev–Trinajstić information content (AvgIpc) is 3.03. The van der Waals surface area contributed by atoms with Crippen molar-refractivity contribution in [2.24, 2.45) is 0 Å². The Morgan fingerprint density at radius 1 is 1.08 bits per heavy atom. The second kappa shape index (κ2) is 6.18. The summed E-state index contributed by atoms with van der Waals surface area (Å²) in [5, 5.41) is 4.99. The van der Waals surface area contributed by atoms with E-state index in [4.69, 9.17) is 4.74 Å². The Bertz CT molecular complexity index is 1050. The van der Waals surface area contributed by atoms with Gasteiger partial charge in [0.05, 0.1) is 23.2 Å². The fourth-order valence-electron chi connectivity index (χ4n) is 2.79. The van der Waals surface area contributed by atoms with Gasteiger partial charge < -0.3 is 10.1 Å². The Kier molecular flexibility index (Phi) is 3.86. The van der Waals surface area contributed by atoms with E-state index in [9.17, 15) is 4.79 Å². The van der Waals surface area contributed by atoms with Gasteiger partial charge in [0.15, 0.2) is 0 Å². The number of anilines is 1. The third-order valence-corrected chi connectivity index (χ3v) is 5.08. The van der Waals surface area contributed by atoms with Crippen LogP contribution in [0.15, 0.2) is 54.6 Å². The van der Waals surface area contributed by atoms with E-state index < -0.39 is 0 Å². The summed E-state index contributed by atoms with van der Waals surface area (Å²) in [5.41, 5.74) is 2.66. The number of benzene rings is 2. The van der Waals surface area contributed by atoms with Gasteiger partial charge in [-0.15, -0.1) is 11.3 Å². The first-order chi connectivity index (χ1) is 12.1. The normalized spacial score (nSPS) is 11.0. The zero-order chi connectivity index (χ0) is 17.4. The van der Waals surface area contributed by atoms with E-state index in [-0.39, 0.29) is 5.91 Å². The summed E-state index contributed by atoms with van der Waals surface area (Å²) in [6.45, 7) is 1.98. The van der Waals surface area contributed by atoms with Crippen LogP contribution in [0.2, 0.25) is 0 Å². The van der Waals surface area contributed by atoms with Crippen molar-refractivity contribution in [1.82, 2.24) is 4.98 Å². The molecule has 4 nitrogen and oxygen atoms in total. The van der Waals surface area contributed by atoms with Gasteiger partial charge in [0.25, 0.3) is 5.91 Å². The summed E-state index contributed by atoms with van der Waals surface area (Å²) in [6.07, 6.45) is 0. The lowest BCUT2D eigenvalue weighted by Crippen LogP contribution is -2.11. The number of nitrogens with one attached hydrogen (secondary N) is 1. The molecule has 0 radical (unpaired) electrons. The highest BCUT2D eigenvalue weighted by atomic mass is 32.1. The van der Waals surface area contributed by atoms with Crippen LogP contribution >= 0.6 is 11.3 Å². The van der Waals surface area contributed by atoms with Crippen LogP contribution in [-0.4, -0.2) is 18.0 Å². The molecule has 5 heteroatoms. The number of ether oxygens (including phenoxy) is 1. The first-order valence-corrected chi connectivity index (χ1v) is 8.71. The number of pyridine rings is 1. The van der Waals surface area contributed by atoms with Crippen molar-refractivity contribution in [1.29, 1.82) is 0 Å². The number of methoxy groups -OCH3 is 1. The van der Waals surface area contributed by atoms with E-state index in [1.54, 1.807) is 7.11 Å². The van der Waals surface area contributed by atoms with E-state index in [0.717, 1.165) is 26.7 Å². The molecule has 0 saturated carbocycles. The van der Waals surface area contributed by atoms with Crippen molar-refractivity contribution in [3.05, 3.63) is 65.0 Å². The third kappa shape index (κ3) is 2.94. The molecule has 4 aromatic rings. The van der Waals surface area contributed by atoms with Crippen molar-refractivity contribution in [2.75, 3.05) is 12.4 Å². The van der Waals surface area contributed by atoms with Crippen LogP contribution in [0.25, 0.3) is 21.1 Å². The summed E-state index contributed by atoms with van der Waals surface area (Å²) >= 11 is 1.39. The maximum Gasteiger partial charge on any atom is 0.265 e. The minimum atomic E-state index is -0.157. The number of aryl methyl sites for hydroxylation is 1. The van der Waals surface area contributed by atoms with Gasteiger partial charge in [0.1, 0.15) is 10.6 Å². The number of nitrogens with zero attached hydrogens (tertiary/aromatic N) is 1. The van der Waals surface area contributed by atoms with Gasteiger partial charge in [0, 0.05) is 10.8 Å². The Hall–Kier alpha value is -2.92. The minimum absolute atomic E-state index is 0.157. The largest absolute Gasteiger partial charge is 0.495 e. The number of carbonyl (C=O) groups excluding carboxylic acids is 1. The number of rotatable bonds is 3. The molecule has 0 fully saturated rings. The smallest absolute Gasteiger partial charge is 0.265 e. The van der Waals surface area contributed by atoms with Crippen LogP contribution in [-0.2, 0) is 0 Å². The molecule has 1 amide bonds. The molecule has 0 bridgehead atoms. The second-order valence-electron chi connectivity index (χ2n) is 5.84. The molecular weight excluding hydrogens is 332 g/mol. The number of thiophene rings is 1. The molecule has 1 N–H and O–H groups in total. The molecule has 0 spiro atoms. The molecule has 0 aliphatic heterocycles. The molecule has 124 valence electrons. The van der Waals surface area contributed by atoms with E-state index >= 15 is 0 Å². The number of hydrogen-bond acceptors (Lipinski definition) is 4. The third-order valence-electron chi connectivity index (χ3n) is 4.04. The number of para-hydroxylation sites is 1. The first kappa shape index (κ1) is 15.6. The van der Waals surface area contributed by atoms with Crippen LogP contribution in [0.3, 0.4) is 0 Å². The average molecular weight is 348 g/mol. The number of hydrogen-bond donors (Lipinski definition) is 1. The van der Waals surface area contributed by atoms with Crippen LogP contribution in [0.4, 0.5) is 5.69 Å². The summed E-state index contributed by atoms with van der Waals surface area (Å²) in [5.74, 6) is 0.486. The summed E-state index contributed by atoms with van der Waals surface area (Å²) in [7, 11) is 1.59. The molecule has 0 saturated heterocycles. The van der Waals surface area contributed by atoms with Gasteiger partial charge in [-0.25, -0.2) is 4.98 Å². The van der Waals surface area contributed by atoms with Gasteiger partial charge in [-0.3, -0.25) is 4.79 Å². The number of fused-ring (bicyclic) bond motifs is 2. The lowest BCUT2D eigenvalue weighted by Gasteiger charge is -2.10. The summed E-state index contributed by atoms with van der Waals surface area (Å²) in [6, 6.07) is 17.6. The minimum Gasteiger partial charge on any atom is -0.495 e. The SMILES string of the molecule is COc1ccc(C)cc1NC(=O)c1cc2cc3ccccc3nc2s1. The van der Waals surface area contributed by atoms with E-state index in [2.05, 4.69) is 16.4 Å². The highest BCUT2D eigenvalue weighted by Crippen LogP contribution is 2.30. The predicted octanol–water partition coefficient (Wildman–Crippen LogP) is 5.02. The number of aromatic nitrogens is 1. The fraction of sp³-hybridized carbons (Fsp3) is 0.100. The lowest BCUT2D eigenvalue weighted by molar-refractivity contribution is 0.103. The summed E-state index contributed by atoms with van der Waals surface area (Å²) in [4.78, 5) is 18.8. The molecule has 2 aromatic heterocycles. The van der Waals surface area contributed by atoms with Gasteiger partial charge in [-0.1, -0.05) is 24.3 Å². The second-order valence-corrected chi connectivity index (χ2v) is 6.87. The molecule has 0 aliphatic rings. The van der Waals surface area contributed by atoms with Crippen LogP contribution in [0, 0.1) is 6.92 Å². The molecule has 2 heterocycles. The summed E-state index contributed by atoms with van der Waals surface area (Å²) < 4.78 is 5.32. The number of amides is 1. The zero-order valence-corrected chi connectivity index (χ0v) is 14.7. The highest BCUT2D eigenvalue weighted by Gasteiger charge is 2.14. The van der Waals surface area contributed by atoms with Crippen molar-refractivity contribution < 1.29 is 9.53 Å². The zero-order valence-electron chi connectivity index (χ0n) is 13.9. The van der Waals surface area contributed by atoms with E-state index in [0.29, 0.717) is 16.3 Å². The Morgan fingerprint density at radius 3 is 2.76 bits per heavy atom. The van der Waals surface area contributed by atoms with Crippen molar-refractivity contribution in [2.45, 2.75) is 6.92 Å². The quantitative estimate of drug-likeness (QED) is 0.566. The van der Waals surface area contributed by atoms with Crippen molar-refractivity contribution in [3.8, 4) is 5.75 Å². The Morgan fingerprint density at radius 2 is 1.92 bits per heavy atom. The van der Waals surface area contributed by atoms with Gasteiger partial charge in [-0.05, 0) is 42.8 Å². The standard InChI is InChI=1S/C20H16N2O2S/c1-12-7-8-17(24-2)16(9-12)21-19(23)18-11-14-10-13-5-3-4-6-15(13)22-20(14)25-18/h3-11H,1-2H3,(H,21,23). The molecule has 2 aromatic carbocycles. The topological polar surface area (TPSA) is 51.2 Å². The molecule has 4 rings (SSSR count). The van der Waals surface area contributed by atoms with Gasteiger partial charge in [-0.2, -0.15) is 0 Å². The molecular formula is C20H16N2O2S. The van der Waals surface area contributed by atoms with Crippen molar-refractivity contribution in [3.63, 3.8) is 0 Å². The monoisotopic (exact) mass is 348 g/mol. The molecule has 0 aliphatic carbocycles. The maximum absolute atomic E-state index is 12.7. The Balaban J connectivity index is 1.70. The van der Waals surface area contributed by atoms with Crippen molar-refractivity contribution >= 4 is 44.1 Å². The van der Waals surface area contributed by atoms with Gasteiger partial charge >= 0.3 is 0 Å². The lowest BCUT2D eigenvalue weighted by atomic mass is 10.2. The highest BCUT2D eigenvalue weighted by molar-refractivity contribution is 7.20. The molecule has 0 unspecified atom stereocenters. The van der Waals surface area contributed by atoms with Crippen LogP contribution < -0.4 is 10.1 Å².